The fraction of sp³-hybridized carbons (Fsp3) is 0.369. The summed E-state index contributed by atoms with van der Waals surface area (Å²) in [6.45, 7) is 26.6. The SMILES string of the molecule is CC(=O)C(Br)C(=O)c1ccc(Oc2ccccc2)cc1.CC(=O)C(OC(=O)C1CCN(C(=O)OC(C)(C)C)CC1)C(=O)c1ccc(Oc2ccccc2)cc1.CC(=O)c1oc(C2CCN(C(=O)OC(C)(C)C)CC2)nc1-c1ccc(Oc2ccccc2)cc1.CC(=O)c1oc(C2CCNCC2)nc1-c1ccc(Oc2ccccc2)cc1.CC(C)(C)OC(=O)N1CCC(C(=O)O)CC1. The molecule has 4 fully saturated rings. The molecule has 4 saturated heterocycles. The molecule has 29 heteroatoms. The molecular weight excluding hydrogens is 1750 g/mol. The Morgan fingerprint density at radius 2 is 0.667 bits per heavy atom. The van der Waals surface area contributed by atoms with Crippen LogP contribution in [-0.2, 0) is 38.1 Å². The van der Waals surface area contributed by atoms with E-state index in [0.717, 1.165) is 60.1 Å². The number of carbonyl (C=O) groups is 11. The third-order valence-electron chi connectivity index (χ3n) is 21.0. The van der Waals surface area contributed by atoms with Crippen LogP contribution in [0.4, 0.5) is 14.4 Å². The lowest BCUT2D eigenvalue weighted by Gasteiger charge is -2.32. The van der Waals surface area contributed by atoms with Crippen molar-refractivity contribution in [2.45, 2.75) is 181 Å². The zero-order chi connectivity index (χ0) is 95.4. The number of carboxylic acids is 1. The van der Waals surface area contributed by atoms with E-state index in [1.807, 2.05) is 211 Å². The van der Waals surface area contributed by atoms with Crippen molar-refractivity contribution in [2.24, 2.45) is 11.8 Å². The molecule has 6 heterocycles. The van der Waals surface area contributed by atoms with Crippen molar-refractivity contribution in [3.8, 4) is 68.5 Å². The summed E-state index contributed by atoms with van der Waals surface area (Å²) >= 11 is 3.09. The van der Waals surface area contributed by atoms with Gasteiger partial charge in [-0.1, -0.05) is 88.7 Å². The number of Topliss-reactive ketones (excluding diaryl/α,β-unsaturated/α-hetero) is 6. The van der Waals surface area contributed by atoms with Gasteiger partial charge in [-0.3, -0.25) is 38.4 Å². The second-order valence-corrected chi connectivity index (χ2v) is 36.0. The maximum atomic E-state index is 12.9. The number of carbonyl (C=O) groups excluding carboxylic acids is 10. The number of amides is 3. The molecule has 0 aliphatic carbocycles. The summed E-state index contributed by atoms with van der Waals surface area (Å²) in [6.07, 6.45) is 2.47. The van der Waals surface area contributed by atoms with Gasteiger partial charge >= 0.3 is 30.2 Å². The normalized spacial score (nSPS) is 14.8. The van der Waals surface area contributed by atoms with E-state index in [0.29, 0.717) is 135 Å². The Morgan fingerprint density at radius 3 is 0.962 bits per heavy atom. The number of ketones is 6. The van der Waals surface area contributed by atoms with Crippen LogP contribution in [0.15, 0.2) is 227 Å². The first kappa shape index (κ1) is 101. The Balaban J connectivity index is 0.000000176. The van der Waals surface area contributed by atoms with Crippen LogP contribution < -0.4 is 24.3 Å². The van der Waals surface area contributed by atoms with E-state index in [4.69, 9.17) is 56.8 Å². The number of carboxylic acid groups (broad SMARTS) is 1. The van der Waals surface area contributed by atoms with Gasteiger partial charge in [0.25, 0.3) is 0 Å². The number of hydrogen-bond acceptors (Lipinski definition) is 24. The van der Waals surface area contributed by atoms with Crippen LogP contribution in [0.25, 0.3) is 22.5 Å². The highest BCUT2D eigenvalue weighted by molar-refractivity contribution is 9.10. The number of piperidine rings is 4. The lowest BCUT2D eigenvalue weighted by molar-refractivity contribution is -0.157. The number of esters is 1. The van der Waals surface area contributed by atoms with Crippen LogP contribution in [0.2, 0.25) is 0 Å². The van der Waals surface area contributed by atoms with Crippen LogP contribution in [0.1, 0.15) is 207 Å². The van der Waals surface area contributed by atoms with Gasteiger partial charge in [-0.25, -0.2) is 24.4 Å². The summed E-state index contributed by atoms with van der Waals surface area (Å²) in [5.41, 5.74) is 1.86. The third kappa shape index (κ3) is 31.2. The number of oxazole rings is 2. The van der Waals surface area contributed by atoms with Crippen molar-refractivity contribution in [1.29, 1.82) is 0 Å². The van der Waals surface area contributed by atoms with E-state index in [-0.39, 0.29) is 64.4 Å². The predicted octanol–water partition coefficient (Wildman–Crippen LogP) is 21.8. The van der Waals surface area contributed by atoms with Crippen molar-refractivity contribution < 1.29 is 105 Å². The van der Waals surface area contributed by atoms with Gasteiger partial charge in [-0.2, -0.15) is 0 Å². The number of likely N-dealkylation sites (tertiary alicyclic amines) is 3. The number of hydrogen-bond donors (Lipinski definition) is 2. The Kier molecular flexibility index (Phi) is 36.2. The number of rotatable bonds is 23. The lowest BCUT2D eigenvalue weighted by atomic mass is 9.96. The second kappa shape index (κ2) is 47.4. The van der Waals surface area contributed by atoms with Crippen LogP contribution in [-0.4, -0.2) is 175 Å². The summed E-state index contributed by atoms with van der Waals surface area (Å²) in [4.78, 5) is 146. The standard InChI is InChI=1S/C27H30N2O5.C27H31NO7.C22H22N2O3.C16H13BrO3.C11H19NO4/c1-18(30)24-23(19-10-12-22(13-11-19)32-21-8-6-5-7-9-21)28-25(33-24)20-14-16-29(17-15-20)26(31)34-27(2,3)4;1-18(29)24(23(30)19-10-12-22(13-11-19)33-21-8-6-5-7-9-21)34-25(31)20-14-16-28(17-15-20)26(32)35-27(2,3)4;1-15(25)21-20(24-22(27-21)17-11-13-23-14-12-17)16-7-9-19(10-8-16)26-18-5-3-2-4-6-18;1-11(18)15(17)16(19)12-7-9-14(10-8-12)20-13-5-3-2-4-6-13;1-11(2,3)16-10(15)12-6-4-8(5-7-12)9(13)14/h5-13,20H,14-17H2,1-4H3;5-13,20,24H,14-17H2,1-4H3;2-10,17,23H,11-14H2,1H3;2-10,15H,1H3;8H,4-7H2,1-3H3,(H,13,14). The van der Waals surface area contributed by atoms with Gasteiger partial charge in [0, 0.05) is 87.2 Å². The van der Waals surface area contributed by atoms with E-state index < -0.39 is 63.3 Å². The van der Waals surface area contributed by atoms with Gasteiger partial charge in [-0.05, 0) is 286 Å². The predicted molar refractivity (Wildman–Crippen MR) is 499 cm³/mol. The fourth-order valence-electron chi connectivity index (χ4n) is 14.1. The van der Waals surface area contributed by atoms with Gasteiger partial charge in [0.2, 0.25) is 11.9 Å². The Morgan fingerprint density at radius 1 is 0.379 bits per heavy atom. The second-order valence-electron chi connectivity index (χ2n) is 35.0. The number of nitrogens with zero attached hydrogens (tertiary/aromatic N) is 5. The van der Waals surface area contributed by atoms with Gasteiger partial charge in [0.15, 0.2) is 52.2 Å². The van der Waals surface area contributed by atoms with Crippen LogP contribution in [0.5, 0.6) is 46.0 Å². The highest BCUT2D eigenvalue weighted by Gasteiger charge is 2.38. The number of aliphatic carboxylic acids is 1. The fourth-order valence-corrected chi connectivity index (χ4v) is 14.4. The first-order valence-corrected chi connectivity index (χ1v) is 44.9. The zero-order valence-corrected chi connectivity index (χ0v) is 78.3. The number of para-hydroxylation sites is 4. The molecule has 2 N–H and O–H groups in total. The van der Waals surface area contributed by atoms with Crippen LogP contribution in [0.3, 0.4) is 0 Å². The molecule has 4 aliphatic heterocycles. The molecule has 4 aliphatic rings. The number of nitrogens with one attached hydrogen (secondary N) is 1. The number of halogens is 1. The molecule has 14 rings (SSSR count). The molecule has 2 unspecified atom stereocenters. The quantitative estimate of drug-likeness (QED) is 0.0197. The summed E-state index contributed by atoms with van der Waals surface area (Å²) in [5.74, 6) is 3.48. The first-order valence-electron chi connectivity index (χ1n) is 44.0. The Labute approximate surface area is 777 Å². The maximum absolute atomic E-state index is 12.9. The van der Waals surface area contributed by atoms with E-state index in [2.05, 4.69) is 26.2 Å². The summed E-state index contributed by atoms with van der Waals surface area (Å²) in [5, 5.41) is 12.2. The minimum Gasteiger partial charge on any atom is -0.481 e. The van der Waals surface area contributed by atoms with Crippen molar-refractivity contribution in [3.63, 3.8) is 0 Å². The van der Waals surface area contributed by atoms with Gasteiger partial charge < -0.3 is 71.9 Å². The molecule has 0 spiro atoms. The summed E-state index contributed by atoms with van der Waals surface area (Å²) in [6, 6.07) is 65.8. The van der Waals surface area contributed by atoms with E-state index in [1.54, 1.807) is 71.9 Å². The summed E-state index contributed by atoms with van der Waals surface area (Å²) in [7, 11) is 0. The van der Waals surface area contributed by atoms with E-state index >= 15 is 0 Å². The Hall–Kier alpha value is -13.4. The monoisotopic (exact) mass is 1870 g/mol. The number of alkyl halides is 1. The average molecular weight is 1870 g/mol. The molecule has 0 radical (unpaired) electrons. The number of ether oxygens (including phenoxy) is 8. The van der Waals surface area contributed by atoms with Gasteiger partial charge in [-0.15, -0.1) is 0 Å². The van der Waals surface area contributed by atoms with E-state index in [1.165, 1.54) is 39.8 Å². The molecule has 3 amide bonds. The molecule has 0 saturated carbocycles. The third-order valence-corrected chi connectivity index (χ3v) is 22.0. The molecule has 696 valence electrons. The largest absolute Gasteiger partial charge is 0.481 e. The van der Waals surface area contributed by atoms with Crippen molar-refractivity contribution in [1.82, 2.24) is 30.0 Å². The zero-order valence-electron chi connectivity index (χ0n) is 76.7. The smallest absolute Gasteiger partial charge is 0.410 e. The summed E-state index contributed by atoms with van der Waals surface area (Å²) < 4.78 is 56.3. The van der Waals surface area contributed by atoms with Crippen molar-refractivity contribution in [3.05, 3.63) is 253 Å². The highest BCUT2D eigenvalue weighted by Crippen LogP contribution is 2.38. The molecule has 28 nitrogen and oxygen atoms in total. The molecule has 2 aromatic heterocycles. The number of aromatic nitrogens is 2. The molecular formula is C103H115BrN6O22. The molecule has 0 bridgehead atoms. The van der Waals surface area contributed by atoms with Crippen LogP contribution in [0, 0.1) is 11.8 Å². The number of benzene rings is 8. The van der Waals surface area contributed by atoms with E-state index in [9.17, 15) is 52.7 Å². The van der Waals surface area contributed by atoms with Crippen molar-refractivity contribution in [2.75, 3.05) is 52.4 Å². The maximum Gasteiger partial charge on any atom is 0.410 e. The molecule has 132 heavy (non-hydrogen) atoms. The molecule has 8 aromatic carbocycles. The van der Waals surface area contributed by atoms with Crippen LogP contribution >= 0.6 is 15.9 Å². The molecule has 10 aromatic rings. The molecule has 2 atom stereocenters. The highest BCUT2D eigenvalue weighted by atomic mass is 79.9. The minimum atomic E-state index is -1.52. The minimum absolute atomic E-state index is 0.0335. The van der Waals surface area contributed by atoms with Gasteiger partial charge in [0.05, 0.1) is 11.8 Å². The van der Waals surface area contributed by atoms with Gasteiger partial charge in [0.1, 0.15) is 79.0 Å². The van der Waals surface area contributed by atoms with Crippen molar-refractivity contribution >= 4 is 80.8 Å². The lowest BCUT2D eigenvalue weighted by Crippen LogP contribution is -2.44. The first-order chi connectivity index (χ1) is 62.8. The Bertz CT molecular complexity index is 5510. The average Bonchev–Trinajstić information content (AvgIpc) is 1.65. The topological polar surface area (TPSA) is 356 Å².